The molecule has 0 spiro atoms. The molecule has 0 aromatic heterocycles. The first-order valence-electron chi connectivity index (χ1n) is 9.51. The second-order valence-corrected chi connectivity index (χ2v) is 7.24. The number of hydrogen-bond acceptors (Lipinski definition) is 4. The lowest BCUT2D eigenvalue weighted by molar-refractivity contribution is -0.00522. The largest absolute Gasteiger partial charge is 0.381 e. The van der Waals surface area contributed by atoms with E-state index in [1.165, 1.54) is 6.42 Å². The minimum absolute atomic E-state index is 0.173. The van der Waals surface area contributed by atoms with Gasteiger partial charge >= 0.3 is 0 Å². The number of ether oxygens (including phenoxy) is 1. The van der Waals surface area contributed by atoms with E-state index in [1.807, 2.05) is 7.05 Å². The highest BCUT2D eigenvalue weighted by atomic mass is 16.5. The van der Waals surface area contributed by atoms with Crippen LogP contribution in [0.1, 0.15) is 33.1 Å². The third-order valence-electron chi connectivity index (χ3n) is 5.95. The second kappa shape index (κ2) is 9.02. The topological polar surface area (TPSA) is 43.3 Å². The first-order chi connectivity index (χ1) is 11.6. The molecule has 6 nitrogen and oxygen atoms in total. The van der Waals surface area contributed by atoms with Crippen molar-refractivity contribution in [1.82, 2.24) is 20.0 Å². The van der Waals surface area contributed by atoms with Gasteiger partial charge in [-0.1, -0.05) is 13.8 Å². The highest BCUT2D eigenvalue weighted by Crippen LogP contribution is 2.25. The van der Waals surface area contributed by atoms with Gasteiger partial charge in [-0.15, -0.1) is 0 Å². The van der Waals surface area contributed by atoms with Gasteiger partial charge in [0.25, 0.3) is 0 Å². The summed E-state index contributed by atoms with van der Waals surface area (Å²) in [6.45, 7) is 11.6. The van der Waals surface area contributed by atoms with Crippen molar-refractivity contribution in [3.8, 4) is 0 Å². The van der Waals surface area contributed by atoms with Crippen molar-refractivity contribution in [2.45, 2.75) is 44.7 Å². The Morgan fingerprint density at radius 3 is 2.46 bits per heavy atom. The van der Waals surface area contributed by atoms with Gasteiger partial charge in [0.1, 0.15) is 0 Å². The molecule has 140 valence electrons. The van der Waals surface area contributed by atoms with Gasteiger partial charge in [-0.3, -0.25) is 9.89 Å². The molecule has 0 aromatic carbocycles. The molecular weight excluding hydrogens is 302 g/mol. The highest BCUT2D eigenvalue weighted by Gasteiger charge is 2.36. The average Bonchev–Trinajstić information content (AvgIpc) is 3.07. The molecule has 0 saturated carbocycles. The number of likely N-dealkylation sites (N-methyl/N-ethyl adjacent to an activating group) is 2. The predicted molar refractivity (Wildman–Crippen MR) is 101 cm³/mol. The van der Waals surface area contributed by atoms with Crippen molar-refractivity contribution in [3.05, 3.63) is 0 Å². The van der Waals surface area contributed by atoms with Crippen LogP contribution in [0.15, 0.2) is 4.99 Å². The van der Waals surface area contributed by atoms with Gasteiger partial charge in [0.15, 0.2) is 5.96 Å². The molecule has 2 fully saturated rings. The van der Waals surface area contributed by atoms with Gasteiger partial charge in [0.05, 0.1) is 0 Å². The number of nitrogens with zero attached hydrogens (tertiary/aromatic N) is 4. The molecule has 0 bridgehead atoms. The lowest BCUT2D eigenvalue weighted by Crippen LogP contribution is -2.57. The van der Waals surface area contributed by atoms with Crippen LogP contribution in [-0.4, -0.2) is 99.3 Å². The van der Waals surface area contributed by atoms with Gasteiger partial charge < -0.3 is 19.9 Å². The average molecular weight is 340 g/mol. The Hall–Kier alpha value is -0.850. The van der Waals surface area contributed by atoms with Crippen LogP contribution in [0.4, 0.5) is 0 Å². The summed E-state index contributed by atoms with van der Waals surface area (Å²) in [5, 5.41) is 3.66. The third-order valence-corrected chi connectivity index (χ3v) is 5.95. The first-order valence-corrected chi connectivity index (χ1v) is 9.51. The molecule has 2 aliphatic heterocycles. The quantitative estimate of drug-likeness (QED) is 0.580. The molecule has 2 heterocycles. The van der Waals surface area contributed by atoms with E-state index in [0.717, 1.165) is 64.7 Å². The molecular formula is C18H37N5O. The van der Waals surface area contributed by atoms with Crippen LogP contribution in [0.5, 0.6) is 0 Å². The van der Waals surface area contributed by atoms with Crippen molar-refractivity contribution in [1.29, 1.82) is 0 Å². The van der Waals surface area contributed by atoms with Crippen molar-refractivity contribution in [2.75, 3.05) is 67.1 Å². The molecule has 2 saturated heterocycles. The molecule has 0 amide bonds. The minimum atomic E-state index is 0.173. The van der Waals surface area contributed by atoms with Crippen LogP contribution in [0.3, 0.4) is 0 Å². The fourth-order valence-electron chi connectivity index (χ4n) is 4.08. The van der Waals surface area contributed by atoms with Crippen LogP contribution >= 0.6 is 0 Å². The molecule has 2 rings (SSSR count). The van der Waals surface area contributed by atoms with Gasteiger partial charge in [0, 0.05) is 51.5 Å². The summed E-state index contributed by atoms with van der Waals surface area (Å²) in [7, 11) is 6.27. The van der Waals surface area contributed by atoms with E-state index in [2.05, 4.69) is 53.0 Å². The Morgan fingerprint density at radius 2 is 1.92 bits per heavy atom. The molecule has 2 aliphatic rings. The highest BCUT2D eigenvalue weighted by molar-refractivity contribution is 5.80. The van der Waals surface area contributed by atoms with Crippen LogP contribution < -0.4 is 5.32 Å². The number of hydrogen-bond donors (Lipinski definition) is 1. The monoisotopic (exact) mass is 339 g/mol. The summed E-state index contributed by atoms with van der Waals surface area (Å²) in [6, 6.07) is 0.657. The van der Waals surface area contributed by atoms with E-state index >= 15 is 0 Å². The molecule has 1 atom stereocenters. The molecule has 24 heavy (non-hydrogen) atoms. The van der Waals surface area contributed by atoms with E-state index in [9.17, 15) is 0 Å². The summed E-state index contributed by atoms with van der Waals surface area (Å²) in [6.07, 6.45) is 3.38. The summed E-state index contributed by atoms with van der Waals surface area (Å²) in [4.78, 5) is 11.9. The van der Waals surface area contributed by atoms with E-state index in [4.69, 9.17) is 4.74 Å². The molecule has 1 unspecified atom stereocenters. The van der Waals surface area contributed by atoms with Gasteiger partial charge in [-0.25, -0.2) is 0 Å². The zero-order chi connectivity index (χ0) is 17.6. The zero-order valence-electron chi connectivity index (χ0n) is 16.3. The fourth-order valence-corrected chi connectivity index (χ4v) is 4.08. The lowest BCUT2D eigenvalue weighted by atomic mass is 9.88. The van der Waals surface area contributed by atoms with Crippen LogP contribution in [0.2, 0.25) is 0 Å². The standard InChI is InChI=1S/C18H37N5O/c1-6-22(7-2)16-8-11-23(14-16)17(19-3)20-15-18(21(4)5)9-12-24-13-10-18/h16H,6-15H2,1-5H3,(H,19,20). The second-order valence-electron chi connectivity index (χ2n) is 7.24. The minimum Gasteiger partial charge on any atom is -0.381 e. The number of likely N-dealkylation sites (tertiary alicyclic amines) is 1. The number of guanidine groups is 1. The number of nitrogens with one attached hydrogen (secondary N) is 1. The number of rotatable bonds is 6. The van der Waals surface area contributed by atoms with E-state index < -0.39 is 0 Å². The van der Waals surface area contributed by atoms with E-state index in [-0.39, 0.29) is 5.54 Å². The smallest absolute Gasteiger partial charge is 0.193 e. The molecule has 1 N–H and O–H groups in total. The maximum atomic E-state index is 5.57. The maximum absolute atomic E-state index is 5.57. The van der Waals surface area contributed by atoms with Crippen molar-refractivity contribution >= 4 is 5.96 Å². The molecule has 6 heteroatoms. The lowest BCUT2D eigenvalue weighted by Gasteiger charge is -2.43. The SMILES string of the molecule is CCN(CC)C1CCN(C(=NC)NCC2(N(C)C)CCOCC2)C1. The maximum Gasteiger partial charge on any atom is 0.193 e. The Balaban J connectivity index is 1.93. The summed E-state index contributed by atoms with van der Waals surface area (Å²) < 4.78 is 5.57. The van der Waals surface area contributed by atoms with Crippen molar-refractivity contribution in [2.24, 2.45) is 4.99 Å². The first kappa shape index (κ1) is 19.5. The fraction of sp³-hybridized carbons (Fsp3) is 0.944. The molecule has 0 aliphatic carbocycles. The summed E-state index contributed by atoms with van der Waals surface area (Å²) in [5.74, 6) is 1.05. The van der Waals surface area contributed by atoms with Crippen LogP contribution in [-0.2, 0) is 4.74 Å². The Morgan fingerprint density at radius 1 is 1.25 bits per heavy atom. The Kier molecular flexibility index (Phi) is 7.32. The summed E-state index contributed by atoms with van der Waals surface area (Å²) >= 11 is 0. The number of aliphatic imine (C=N–C) groups is 1. The molecule has 0 aromatic rings. The van der Waals surface area contributed by atoms with E-state index in [0.29, 0.717) is 6.04 Å². The van der Waals surface area contributed by atoms with Crippen molar-refractivity contribution in [3.63, 3.8) is 0 Å². The van der Waals surface area contributed by atoms with Crippen molar-refractivity contribution < 1.29 is 4.74 Å². The van der Waals surface area contributed by atoms with Gasteiger partial charge in [-0.2, -0.15) is 0 Å². The normalized spacial score (nSPS) is 24.9. The predicted octanol–water partition coefficient (Wildman–Crippen LogP) is 1.09. The van der Waals surface area contributed by atoms with Gasteiger partial charge in [0.2, 0.25) is 0 Å². The van der Waals surface area contributed by atoms with E-state index in [1.54, 1.807) is 0 Å². The summed E-state index contributed by atoms with van der Waals surface area (Å²) in [5.41, 5.74) is 0.173. The third kappa shape index (κ3) is 4.41. The zero-order valence-corrected chi connectivity index (χ0v) is 16.3. The Bertz CT molecular complexity index is 402. The molecule has 0 radical (unpaired) electrons. The Labute approximate surface area is 148 Å². The van der Waals surface area contributed by atoms with Crippen LogP contribution in [0.25, 0.3) is 0 Å². The van der Waals surface area contributed by atoms with Crippen LogP contribution in [0, 0.1) is 0 Å². The van der Waals surface area contributed by atoms with Gasteiger partial charge in [-0.05, 0) is 46.4 Å².